The van der Waals surface area contributed by atoms with Gasteiger partial charge in [0.25, 0.3) is 11.6 Å². The molecule has 9 nitrogen and oxygen atoms in total. The van der Waals surface area contributed by atoms with Gasteiger partial charge in [0, 0.05) is 37.4 Å². The molecule has 0 aliphatic carbocycles. The Labute approximate surface area is 211 Å². The largest absolute Gasteiger partial charge is 0.486 e. The first-order chi connectivity index (χ1) is 15.9. The summed E-state index contributed by atoms with van der Waals surface area (Å²) < 4.78 is 12.2. The number of carbonyl (C=O) groups excluding carboxylic acids is 1. The number of hydrogen-bond donors (Lipinski definition) is 0. The van der Waals surface area contributed by atoms with Crippen LogP contribution in [0, 0.1) is 10.1 Å². The fourth-order valence-electron chi connectivity index (χ4n) is 3.57. The lowest BCUT2D eigenvalue weighted by atomic mass is 10.1. The van der Waals surface area contributed by atoms with Gasteiger partial charge in [0.1, 0.15) is 13.2 Å². The van der Waals surface area contributed by atoms with Crippen LogP contribution in [-0.2, 0) is 0 Å². The number of thiazole rings is 1. The van der Waals surface area contributed by atoms with Crippen LogP contribution < -0.4 is 14.4 Å². The van der Waals surface area contributed by atoms with E-state index in [9.17, 15) is 14.9 Å². The highest BCUT2D eigenvalue weighted by Crippen LogP contribution is 2.39. The molecule has 0 N–H and O–H groups in total. The van der Waals surface area contributed by atoms with Gasteiger partial charge >= 0.3 is 0 Å². The van der Waals surface area contributed by atoms with E-state index in [1.165, 1.54) is 34.4 Å². The zero-order valence-electron chi connectivity index (χ0n) is 18.7. The van der Waals surface area contributed by atoms with Crippen LogP contribution in [0.25, 0.3) is 10.2 Å². The van der Waals surface area contributed by atoms with Crippen LogP contribution in [0.1, 0.15) is 24.2 Å². The predicted molar refractivity (Wildman–Crippen MR) is 135 cm³/mol. The number of rotatable bonds is 8. The summed E-state index contributed by atoms with van der Waals surface area (Å²) in [5.74, 6) is 0.826. The molecule has 3 aromatic rings. The Hall–Kier alpha value is -2.66. The molecule has 1 aliphatic rings. The monoisotopic (exact) mass is 526 g/mol. The van der Waals surface area contributed by atoms with E-state index in [2.05, 4.69) is 23.7 Å². The van der Waals surface area contributed by atoms with Crippen molar-refractivity contribution in [1.29, 1.82) is 0 Å². The first-order valence-electron chi connectivity index (χ1n) is 10.6. The van der Waals surface area contributed by atoms with Crippen LogP contribution >= 0.6 is 35.3 Å². The molecule has 2 aromatic carbocycles. The number of carbonyl (C=O) groups is 1. The van der Waals surface area contributed by atoms with Crippen LogP contribution in [0.15, 0.2) is 30.3 Å². The number of benzene rings is 2. The number of halogens is 2. The topological polar surface area (TPSA) is 98.0 Å². The molecule has 1 aliphatic heterocycles. The first kappa shape index (κ1) is 26.0. The molecule has 0 saturated heterocycles. The molecule has 1 aromatic heterocycles. The van der Waals surface area contributed by atoms with Crippen molar-refractivity contribution >= 4 is 62.3 Å². The number of amides is 1. The third-order valence-electron chi connectivity index (χ3n) is 5.44. The lowest BCUT2D eigenvalue weighted by Crippen LogP contribution is -2.39. The number of non-ortho nitro benzene ring substituents is 1. The highest BCUT2D eigenvalue weighted by molar-refractivity contribution is 7.22. The second-order valence-corrected chi connectivity index (χ2v) is 8.78. The molecular formula is C22H24Cl2N4O5S. The number of nitro benzene ring substituents is 1. The molecule has 0 radical (unpaired) electrons. The number of aromatic nitrogens is 1. The number of fused-ring (bicyclic) bond motifs is 2. The molecule has 4 rings (SSSR count). The van der Waals surface area contributed by atoms with E-state index in [0.717, 1.165) is 17.8 Å². The summed E-state index contributed by atoms with van der Waals surface area (Å²) >= 11 is 7.63. The maximum absolute atomic E-state index is 13.6. The molecule has 0 fully saturated rings. The SMILES string of the molecule is CCN(CC)CCN(C(=O)c1cc([N+](=O)[O-])ccc1Cl)c1nc2cc3c(cc2s1)OCCO3.Cl. The number of hydrogen-bond acceptors (Lipinski definition) is 8. The van der Waals surface area contributed by atoms with Gasteiger partial charge in [-0.2, -0.15) is 0 Å². The Morgan fingerprint density at radius 3 is 2.47 bits per heavy atom. The second kappa shape index (κ2) is 11.2. The van der Waals surface area contributed by atoms with E-state index in [1.54, 1.807) is 6.07 Å². The van der Waals surface area contributed by atoms with Crippen LogP contribution in [-0.4, -0.2) is 60.1 Å². The molecule has 0 saturated carbocycles. The van der Waals surface area contributed by atoms with Gasteiger partial charge in [0.15, 0.2) is 16.6 Å². The van der Waals surface area contributed by atoms with Crippen molar-refractivity contribution in [3.63, 3.8) is 0 Å². The van der Waals surface area contributed by atoms with Crippen molar-refractivity contribution < 1.29 is 19.2 Å². The summed E-state index contributed by atoms with van der Waals surface area (Å²) in [6.07, 6.45) is 0. The minimum absolute atomic E-state index is 0. The van der Waals surface area contributed by atoms with E-state index in [4.69, 9.17) is 21.1 Å². The normalized spacial score (nSPS) is 12.5. The van der Waals surface area contributed by atoms with Crippen molar-refractivity contribution in [3.05, 3.63) is 51.0 Å². The van der Waals surface area contributed by atoms with Crippen molar-refractivity contribution in [1.82, 2.24) is 9.88 Å². The summed E-state index contributed by atoms with van der Waals surface area (Å²) in [7, 11) is 0. The quantitative estimate of drug-likeness (QED) is 0.299. The van der Waals surface area contributed by atoms with Gasteiger partial charge in [-0.1, -0.05) is 36.8 Å². The Morgan fingerprint density at radius 1 is 1.15 bits per heavy atom. The van der Waals surface area contributed by atoms with Crippen molar-refractivity contribution in [3.8, 4) is 11.5 Å². The van der Waals surface area contributed by atoms with Gasteiger partial charge in [-0.15, -0.1) is 12.4 Å². The minimum atomic E-state index is -0.546. The zero-order valence-corrected chi connectivity index (χ0v) is 21.0. The molecule has 182 valence electrons. The second-order valence-electron chi connectivity index (χ2n) is 7.36. The Balaban J connectivity index is 0.00000324. The van der Waals surface area contributed by atoms with E-state index in [-0.39, 0.29) is 28.7 Å². The molecule has 0 spiro atoms. The maximum atomic E-state index is 13.6. The summed E-state index contributed by atoms with van der Waals surface area (Å²) in [4.78, 5) is 32.7. The molecule has 0 unspecified atom stereocenters. The van der Waals surface area contributed by atoms with Gasteiger partial charge in [-0.05, 0) is 19.2 Å². The van der Waals surface area contributed by atoms with Crippen LogP contribution in [0.5, 0.6) is 11.5 Å². The van der Waals surface area contributed by atoms with Gasteiger partial charge in [-0.25, -0.2) is 4.98 Å². The highest BCUT2D eigenvalue weighted by atomic mass is 35.5. The lowest BCUT2D eigenvalue weighted by molar-refractivity contribution is -0.384. The third-order valence-corrected chi connectivity index (χ3v) is 6.81. The lowest BCUT2D eigenvalue weighted by Gasteiger charge is -2.25. The molecule has 12 heteroatoms. The summed E-state index contributed by atoms with van der Waals surface area (Å²) in [6, 6.07) is 7.52. The summed E-state index contributed by atoms with van der Waals surface area (Å²) in [5, 5.41) is 11.9. The van der Waals surface area contributed by atoms with Crippen molar-refractivity contribution in [2.75, 3.05) is 44.3 Å². The fraction of sp³-hybridized carbons (Fsp3) is 0.364. The first-order valence-corrected chi connectivity index (χ1v) is 11.8. The average molecular weight is 527 g/mol. The average Bonchev–Trinajstić information content (AvgIpc) is 3.22. The molecule has 2 heterocycles. The fourth-order valence-corrected chi connectivity index (χ4v) is 4.77. The number of anilines is 1. The number of likely N-dealkylation sites (N-methyl/N-ethyl adjacent to an activating group) is 1. The molecule has 34 heavy (non-hydrogen) atoms. The van der Waals surface area contributed by atoms with E-state index < -0.39 is 10.8 Å². The number of nitrogens with zero attached hydrogens (tertiary/aromatic N) is 4. The predicted octanol–water partition coefficient (Wildman–Crippen LogP) is 5.04. The zero-order chi connectivity index (χ0) is 23.5. The Morgan fingerprint density at radius 2 is 1.82 bits per heavy atom. The van der Waals surface area contributed by atoms with Gasteiger partial charge < -0.3 is 14.4 Å². The molecule has 0 atom stereocenters. The van der Waals surface area contributed by atoms with E-state index in [0.29, 0.717) is 48.5 Å². The van der Waals surface area contributed by atoms with Gasteiger partial charge in [0.05, 0.1) is 25.7 Å². The van der Waals surface area contributed by atoms with Gasteiger partial charge in [0.2, 0.25) is 0 Å². The molecule has 0 bridgehead atoms. The smallest absolute Gasteiger partial charge is 0.270 e. The third kappa shape index (κ3) is 5.35. The summed E-state index contributed by atoms with van der Waals surface area (Å²) in [6.45, 7) is 7.68. The van der Waals surface area contributed by atoms with Crippen LogP contribution in [0.3, 0.4) is 0 Å². The molecule has 1 amide bonds. The Bertz CT molecular complexity index is 1160. The number of ether oxygens (including phenoxy) is 2. The minimum Gasteiger partial charge on any atom is -0.486 e. The standard InChI is InChI=1S/C22H23ClN4O5S.ClH/c1-3-25(4-2)7-8-26(21(28)15-11-14(27(29)30)5-6-16(15)23)22-24-17-12-18-19(13-20(17)33-22)32-10-9-31-18;/h5-6,11-13H,3-4,7-10H2,1-2H3;1H. The van der Waals surface area contributed by atoms with E-state index >= 15 is 0 Å². The van der Waals surface area contributed by atoms with Crippen molar-refractivity contribution in [2.24, 2.45) is 0 Å². The molecular weight excluding hydrogens is 503 g/mol. The van der Waals surface area contributed by atoms with E-state index in [1.807, 2.05) is 6.07 Å². The van der Waals surface area contributed by atoms with Crippen LogP contribution in [0.4, 0.5) is 10.8 Å². The van der Waals surface area contributed by atoms with Crippen LogP contribution in [0.2, 0.25) is 5.02 Å². The number of nitro groups is 1. The summed E-state index contributed by atoms with van der Waals surface area (Å²) in [5.41, 5.74) is 0.554. The van der Waals surface area contributed by atoms with Crippen molar-refractivity contribution in [2.45, 2.75) is 13.8 Å². The Kier molecular flexibility index (Phi) is 8.53. The van der Waals surface area contributed by atoms with Gasteiger partial charge in [-0.3, -0.25) is 19.8 Å². The highest BCUT2D eigenvalue weighted by Gasteiger charge is 2.26. The maximum Gasteiger partial charge on any atom is 0.270 e.